The van der Waals surface area contributed by atoms with Gasteiger partial charge in [0.2, 0.25) is 0 Å². The highest BCUT2D eigenvalue weighted by Gasteiger charge is 2.39. The molecular weight excluding hydrogens is 324 g/mol. The molecule has 2 saturated heterocycles. The first-order valence-electron chi connectivity index (χ1n) is 8.12. The lowest BCUT2D eigenvalue weighted by Gasteiger charge is -2.34. The minimum Gasteiger partial charge on any atom is -0.439 e. The van der Waals surface area contributed by atoms with E-state index in [-0.39, 0.29) is 24.5 Å². The maximum Gasteiger partial charge on any atom is 0.417 e. The second-order valence-electron chi connectivity index (χ2n) is 6.10. The van der Waals surface area contributed by atoms with Crippen molar-refractivity contribution in [2.24, 2.45) is 0 Å². The number of cyclic esters (lactones) is 1. The maximum absolute atomic E-state index is 12.7. The predicted octanol–water partition coefficient (Wildman–Crippen LogP) is 1.21. The molecule has 2 fully saturated rings. The van der Waals surface area contributed by atoms with E-state index in [2.05, 4.69) is 9.97 Å². The molecule has 0 spiro atoms. The summed E-state index contributed by atoms with van der Waals surface area (Å²) < 4.78 is 4.76. The fourth-order valence-electron chi connectivity index (χ4n) is 3.32. The molecule has 0 N–H and O–H groups in total. The Kier molecular flexibility index (Phi) is 3.79. The summed E-state index contributed by atoms with van der Waals surface area (Å²) in [5, 5.41) is 0. The van der Waals surface area contributed by atoms with Crippen LogP contribution in [0.5, 0.6) is 0 Å². The Morgan fingerprint density at radius 3 is 2.48 bits per heavy atom. The molecule has 1 aromatic carbocycles. The monoisotopic (exact) mass is 340 g/mol. The SMILES string of the molecule is O=C(c1ccc2nccnc2c1)N1CCC(N2C(=O)COC2=O)CC1. The number of amides is 3. The van der Waals surface area contributed by atoms with E-state index in [9.17, 15) is 14.4 Å². The maximum atomic E-state index is 12.7. The van der Waals surface area contributed by atoms with Crippen molar-refractivity contribution in [2.45, 2.75) is 18.9 Å². The van der Waals surface area contributed by atoms with E-state index in [0.717, 1.165) is 5.52 Å². The fourth-order valence-corrected chi connectivity index (χ4v) is 3.32. The van der Waals surface area contributed by atoms with Crippen LogP contribution in [-0.4, -0.2) is 63.4 Å². The van der Waals surface area contributed by atoms with Gasteiger partial charge in [-0.05, 0) is 31.0 Å². The van der Waals surface area contributed by atoms with E-state index < -0.39 is 6.09 Å². The van der Waals surface area contributed by atoms with E-state index in [1.54, 1.807) is 35.5 Å². The Labute approximate surface area is 143 Å². The van der Waals surface area contributed by atoms with Crippen molar-refractivity contribution in [3.8, 4) is 0 Å². The standard InChI is InChI=1S/C17H16N4O4/c22-15-10-25-17(24)21(15)12-3-7-20(8-4-12)16(23)11-1-2-13-14(9-11)19-6-5-18-13/h1-2,5-6,9,12H,3-4,7-8,10H2. The summed E-state index contributed by atoms with van der Waals surface area (Å²) in [6, 6.07) is 5.06. The third-order valence-electron chi connectivity index (χ3n) is 4.62. The Hall–Kier alpha value is -3.03. The van der Waals surface area contributed by atoms with Crippen molar-refractivity contribution < 1.29 is 19.1 Å². The molecule has 2 aliphatic rings. The largest absolute Gasteiger partial charge is 0.439 e. The van der Waals surface area contributed by atoms with Gasteiger partial charge >= 0.3 is 6.09 Å². The first-order valence-corrected chi connectivity index (χ1v) is 8.12. The Bertz CT molecular complexity index is 845. The first-order chi connectivity index (χ1) is 12.1. The van der Waals surface area contributed by atoms with E-state index in [1.165, 1.54) is 4.90 Å². The third kappa shape index (κ3) is 2.79. The van der Waals surface area contributed by atoms with E-state index in [1.807, 2.05) is 0 Å². The minimum absolute atomic E-state index is 0.0821. The molecule has 0 bridgehead atoms. The highest BCUT2D eigenvalue weighted by molar-refractivity contribution is 5.99. The average molecular weight is 340 g/mol. The van der Waals surface area contributed by atoms with Gasteiger partial charge in [-0.15, -0.1) is 0 Å². The van der Waals surface area contributed by atoms with Gasteiger partial charge in [0.1, 0.15) is 0 Å². The lowest BCUT2D eigenvalue weighted by Crippen LogP contribution is -2.48. The zero-order valence-electron chi connectivity index (χ0n) is 13.4. The number of carbonyl (C=O) groups is 3. The van der Waals surface area contributed by atoms with Crippen molar-refractivity contribution in [1.82, 2.24) is 19.8 Å². The molecule has 8 heteroatoms. The lowest BCUT2D eigenvalue weighted by molar-refractivity contribution is -0.127. The molecule has 25 heavy (non-hydrogen) atoms. The number of imide groups is 1. The van der Waals surface area contributed by atoms with Crippen LogP contribution >= 0.6 is 0 Å². The summed E-state index contributed by atoms with van der Waals surface area (Å²) >= 11 is 0. The summed E-state index contributed by atoms with van der Waals surface area (Å²) in [5.74, 6) is -0.385. The molecule has 3 amide bonds. The Morgan fingerprint density at radius 1 is 1.08 bits per heavy atom. The molecular formula is C17H16N4O4. The average Bonchev–Trinajstić information content (AvgIpc) is 2.99. The third-order valence-corrected chi connectivity index (χ3v) is 4.62. The number of carbonyl (C=O) groups excluding carboxylic acids is 3. The van der Waals surface area contributed by atoms with Crippen LogP contribution < -0.4 is 0 Å². The van der Waals surface area contributed by atoms with Crippen LogP contribution in [0.4, 0.5) is 4.79 Å². The Balaban J connectivity index is 1.45. The lowest BCUT2D eigenvalue weighted by atomic mass is 10.0. The van der Waals surface area contributed by atoms with Crippen molar-refractivity contribution in [1.29, 1.82) is 0 Å². The number of aromatic nitrogens is 2. The van der Waals surface area contributed by atoms with Crippen LogP contribution in [0.15, 0.2) is 30.6 Å². The molecule has 8 nitrogen and oxygen atoms in total. The van der Waals surface area contributed by atoms with Gasteiger partial charge in [-0.1, -0.05) is 0 Å². The first kappa shape index (κ1) is 15.5. The molecule has 0 atom stereocenters. The van der Waals surface area contributed by atoms with Crippen LogP contribution in [0.25, 0.3) is 11.0 Å². The molecule has 0 saturated carbocycles. The predicted molar refractivity (Wildman–Crippen MR) is 86.7 cm³/mol. The summed E-state index contributed by atoms with van der Waals surface area (Å²) in [6.45, 7) is 0.786. The molecule has 0 unspecified atom stereocenters. The van der Waals surface area contributed by atoms with Gasteiger partial charge in [-0.2, -0.15) is 0 Å². The van der Waals surface area contributed by atoms with Crippen LogP contribution in [0, 0.1) is 0 Å². The molecule has 0 radical (unpaired) electrons. The fraction of sp³-hybridized carbons (Fsp3) is 0.353. The minimum atomic E-state index is -0.581. The number of piperidine rings is 1. The number of fused-ring (bicyclic) bond motifs is 1. The normalized spacial score (nSPS) is 18.7. The van der Waals surface area contributed by atoms with Gasteiger partial charge in [0.05, 0.1) is 11.0 Å². The van der Waals surface area contributed by atoms with Crippen molar-refractivity contribution in [2.75, 3.05) is 19.7 Å². The summed E-state index contributed by atoms with van der Waals surface area (Å²) in [7, 11) is 0. The highest BCUT2D eigenvalue weighted by atomic mass is 16.6. The molecule has 2 aromatic rings. The number of ether oxygens (including phenoxy) is 1. The van der Waals surface area contributed by atoms with Crippen LogP contribution in [0.1, 0.15) is 23.2 Å². The van der Waals surface area contributed by atoms with Gasteiger partial charge in [0.25, 0.3) is 11.8 Å². The van der Waals surface area contributed by atoms with Gasteiger partial charge < -0.3 is 9.64 Å². The van der Waals surface area contributed by atoms with E-state index >= 15 is 0 Å². The van der Waals surface area contributed by atoms with Gasteiger partial charge in [0, 0.05) is 37.1 Å². The molecule has 0 aliphatic carbocycles. The summed E-state index contributed by atoms with van der Waals surface area (Å²) in [4.78, 5) is 47.4. The molecule has 3 heterocycles. The van der Waals surface area contributed by atoms with Gasteiger partial charge in [-0.3, -0.25) is 19.6 Å². The number of likely N-dealkylation sites (tertiary alicyclic amines) is 1. The number of nitrogens with zero attached hydrogens (tertiary/aromatic N) is 4. The van der Waals surface area contributed by atoms with Gasteiger partial charge in [-0.25, -0.2) is 9.69 Å². The second-order valence-corrected chi connectivity index (χ2v) is 6.10. The van der Waals surface area contributed by atoms with Gasteiger partial charge in [0.15, 0.2) is 6.61 Å². The van der Waals surface area contributed by atoms with Crippen molar-refractivity contribution in [3.63, 3.8) is 0 Å². The van der Waals surface area contributed by atoms with Crippen molar-refractivity contribution >= 4 is 28.9 Å². The van der Waals surface area contributed by atoms with Crippen LogP contribution in [0.3, 0.4) is 0 Å². The highest BCUT2D eigenvalue weighted by Crippen LogP contribution is 2.22. The number of benzene rings is 1. The molecule has 128 valence electrons. The summed E-state index contributed by atoms with van der Waals surface area (Å²) in [6.07, 6.45) is 3.73. The number of hydrogen-bond donors (Lipinski definition) is 0. The second kappa shape index (κ2) is 6.12. The van der Waals surface area contributed by atoms with E-state index in [0.29, 0.717) is 37.0 Å². The molecule has 4 rings (SSSR count). The molecule has 2 aliphatic heterocycles. The topological polar surface area (TPSA) is 92.7 Å². The Morgan fingerprint density at radius 2 is 1.80 bits per heavy atom. The molecule has 1 aromatic heterocycles. The quantitative estimate of drug-likeness (QED) is 0.816. The van der Waals surface area contributed by atoms with Crippen molar-refractivity contribution in [3.05, 3.63) is 36.2 Å². The smallest absolute Gasteiger partial charge is 0.417 e. The van der Waals surface area contributed by atoms with E-state index in [4.69, 9.17) is 4.74 Å². The van der Waals surface area contributed by atoms with Crippen LogP contribution in [-0.2, 0) is 9.53 Å². The number of hydrogen-bond acceptors (Lipinski definition) is 6. The summed E-state index contributed by atoms with van der Waals surface area (Å²) in [5.41, 5.74) is 1.97. The zero-order valence-corrected chi connectivity index (χ0v) is 13.4. The number of rotatable bonds is 2. The van der Waals surface area contributed by atoms with Crippen LogP contribution in [0.2, 0.25) is 0 Å². The zero-order chi connectivity index (χ0) is 17.4.